The summed E-state index contributed by atoms with van der Waals surface area (Å²) in [5, 5.41) is 11.5. The van der Waals surface area contributed by atoms with Crippen LogP contribution in [0.5, 0.6) is 5.75 Å². The zero-order valence-corrected chi connectivity index (χ0v) is 12.7. The number of aromatic amines is 1. The molecule has 0 saturated carbocycles. The van der Waals surface area contributed by atoms with E-state index in [4.69, 9.17) is 17.0 Å². The lowest BCUT2D eigenvalue weighted by Gasteiger charge is -2.06. The van der Waals surface area contributed by atoms with Crippen molar-refractivity contribution in [3.05, 3.63) is 64.9 Å². The monoisotopic (exact) mass is 310 g/mol. The van der Waals surface area contributed by atoms with Crippen LogP contribution in [0.4, 0.5) is 0 Å². The molecule has 110 valence electrons. The van der Waals surface area contributed by atoms with Crippen LogP contribution in [0.15, 0.2) is 59.7 Å². The molecule has 1 aromatic heterocycles. The maximum absolute atomic E-state index is 5.37. The second kappa shape index (κ2) is 6.36. The van der Waals surface area contributed by atoms with Crippen molar-refractivity contribution < 1.29 is 4.74 Å². The zero-order valence-electron chi connectivity index (χ0n) is 11.9. The highest BCUT2D eigenvalue weighted by molar-refractivity contribution is 7.71. The first-order valence-corrected chi connectivity index (χ1v) is 7.10. The lowest BCUT2D eigenvalue weighted by atomic mass is 10.2. The minimum atomic E-state index is 0.424. The molecule has 0 bridgehead atoms. The number of aromatic nitrogens is 3. The number of hydrogen-bond acceptors (Lipinski definition) is 4. The number of nitrogens with zero attached hydrogens (tertiary/aromatic N) is 3. The summed E-state index contributed by atoms with van der Waals surface area (Å²) in [6.07, 6.45) is 1.74. The van der Waals surface area contributed by atoms with Gasteiger partial charge in [-0.25, -0.2) is 5.10 Å². The van der Waals surface area contributed by atoms with Crippen molar-refractivity contribution in [3.63, 3.8) is 0 Å². The summed E-state index contributed by atoms with van der Waals surface area (Å²) >= 11 is 5.26. The van der Waals surface area contributed by atoms with Crippen LogP contribution in [0, 0.1) is 4.77 Å². The van der Waals surface area contributed by atoms with Crippen molar-refractivity contribution in [1.29, 1.82) is 0 Å². The van der Waals surface area contributed by atoms with E-state index < -0.39 is 0 Å². The number of hydrogen-bond donors (Lipinski definition) is 1. The second-order valence-electron chi connectivity index (χ2n) is 4.52. The standard InChI is InChI=1S/C16H14N4OS/c1-21-14-10-6-5-9-13(14)15-18-19-16(22)20(15)17-11-12-7-3-2-4-8-12/h2-11H,1H3,(H,19,22)/b17-11-. The van der Waals surface area contributed by atoms with Crippen LogP contribution in [0.1, 0.15) is 5.56 Å². The third kappa shape index (κ3) is 2.82. The fourth-order valence-corrected chi connectivity index (χ4v) is 2.25. The Morgan fingerprint density at radius 1 is 1.14 bits per heavy atom. The third-order valence-corrected chi connectivity index (χ3v) is 3.38. The van der Waals surface area contributed by atoms with E-state index in [1.165, 1.54) is 0 Å². The summed E-state index contributed by atoms with van der Waals surface area (Å²) in [4.78, 5) is 0. The van der Waals surface area contributed by atoms with Crippen LogP contribution in [0.25, 0.3) is 11.4 Å². The van der Waals surface area contributed by atoms with Crippen molar-refractivity contribution in [1.82, 2.24) is 14.9 Å². The first-order chi connectivity index (χ1) is 10.8. The van der Waals surface area contributed by atoms with E-state index in [0.717, 1.165) is 11.1 Å². The van der Waals surface area contributed by atoms with E-state index in [0.29, 0.717) is 16.3 Å². The fraction of sp³-hybridized carbons (Fsp3) is 0.0625. The predicted octanol–water partition coefficient (Wildman–Crippen LogP) is 3.50. The number of para-hydroxylation sites is 1. The van der Waals surface area contributed by atoms with Gasteiger partial charge in [0.2, 0.25) is 4.77 Å². The topological polar surface area (TPSA) is 55.2 Å². The molecule has 2 aromatic carbocycles. The Hall–Kier alpha value is -2.73. The molecule has 1 heterocycles. The van der Waals surface area contributed by atoms with Gasteiger partial charge in [-0.2, -0.15) is 14.9 Å². The summed E-state index contributed by atoms with van der Waals surface area (Å²) in [5.74, 6) is 1.32. The lowest BCUT2D eigenvalue weighted by molar-refractivity contribution is 0.416. The second-order valence-corrected chi connectivity index (χ2v) is 4.91. The number of rotatable bonds is 4. The summed E-state index contributed by atoms with van der Waals surface area (Å²) in [6, 6.07) is 17.4. The summed E-state index contributed by atoms with van der Waals surface area (Å²) in [6.45, 7) is 0. The Bertz CT molecular complexity index is 852. The summed E-state index contributed by atoms with van der Waals surface area (Å²) in [7, 11) is 1.62. The van der Waals surface area contributed by atoms with Crippen molar-refractivity contribution in [2.75, 3.05) is 7.11 Å². The van der Waals surface area contributed by atoms with Gasteiger partial charge in [0.1, 0.15) is 5.75 Å². The number of ether oxygens (including phenoxy) is 1. The molecule has 3 aromatic rings. The molecular weight excluding hydrogens is 296 g/mol. The largest absolute Gasteiger partial charge is 0.496 e. The number of nitrogens with one attached hydrogen (secondary N) is 1. The van der Waals surface area contributed by atoms with Crippen LogP contribution < -0.4 is 4.74 Å². The normalized spacial score (nSPS) is 11.0. The quantitative estimate of drug-likeness (QED) is 0.593. The Balaban J connectivity index is 2.05. The smallest absolute Gasteiger partial charge is 0.216 e. The van der Waals surface area contributed by atoms with Gasteiger partial charge in [-0.05, 0) is 29.9 Å². The molecule has 0 aliphatic heterocycles. The fourth-order valence-electron chi connectivity index (χ4n) is 2.07. The molecule has 1 N–H and O–H groups in total. The van der Waals surface area contributed by atoms with Gasteiger partial charge >= 0.3 is 0 Å². The van der Waals surface area contributed by atoms with Gasteiger partial charge < -0.3 is 4.74 Å². The van der Waals surface area contributed by atoms with Crippen molar-refractivity contribution in [2.24, 2.45) is 5.10 Å². The van der Waals surface area contributed by atoms with Gasteiger partial charge in [-0.3, -0.25) is 0 Å². The molecule has 22 heavy (non-hydrogen) atoms. The molecule has 0 radical (unpaired) electrons. The number of benzene rings is 2. The molecule has 0 amide bonds. The van der Waals surface area contributed by atoms with Gasteiger partial charge in [0.05, 0.1) is 18.9 Å². The molecule has 6 heteroatoms. The molecule has 0 fully saturated rings. The van der Waals surface area contributed by atoms with Gasteiger partial charge in [-0.1, -0.05) is 42.5 Å². The molecule has 0 atom stereocenters. The first-order valence-electron chi connectivity index (χ1n) is 6.70. The Morgan fingerprint density at radius 3 is 2.64 bits per heavy atom. The molecule has 5 nitrogen and oxygen atoms in total. The van der Waals surface area contributed by atoms with Gasteiger partial charge in [0, 0.05) is 0 Å². The van der Waals surface area contributed by atoms with E-state index in [1.807, 2.05) is 54.6 Å². The van der Waals surface area contributed by atoms with Crippen LogP contribution in [-0.2, 0) is 0 Å². The van der Waals surface area contributed by atoms with Gasteiger partial charge in [0.25, 0.3) is 0 Å². The van der Waals surface area contributed by atoms with Crippen LogP contribution in [0.3, 0.4) is 0 Å². The highest BCUT2D eigenvalue weighted by Crippen LogP contribution is 2.27. The SMILES string of the molecule is COc1ccccc1-c1n[nH]c(=S)n1/N=C\c1ccccc1. The third-order valence-electron chi connectivity index (χ3n) is 3.12. The summed E-state index contributed by atoms with van der Waals surface area (Å²) < 4.78 is 7.38. The van der Waals surface area contributed by atoms with E-state index in [1.54, 1.807) is 18.0 Å². The maximum atomic E-state index is 5.37. The Labute approximate surface area is 132 Å². The van der Waals surface area contributed by atoms with E-state index >= 15 is 0 Å². The molecule has 0 aliphatic carbocycles. The zero-order chi connectivity index (χ0) is 15.4. The lowest BCUT2D eigenvalue weighted by Crippen LogP contribution is -1.97. The average Bonchev–Trinajstić information content (AvgIpc) is 2.94. The minimum absolute atomic E-state index is 0.424. The van der Waals surface area contributed by atoms with Crippen LogP contribution >= 0.6 is 12.2 Å². The van der Waals surface area contributed by atoms with Crippen molar-refractivity contribution in [3.8, 4) is 17.1 Å². The molecule has 0 saturated heterocycles. The highest BCUT2D eigenvalue weighted by atomic mass is 32.1. The summed E-state index contributed by atoms with van der Waals surface area (Å²) in [5.41, 5.74) is 1.80. The van der Waals surface area contributed by atoms with E-state index in [-0.39, 0.29) is 0 Å². The Kier molecular flexibility index (Phi) is 4.11. The first kappa shape index (κ1) is 14.2. The molecule has 0 unspecified atom stereocenters. The van der Waals surface area contributed by atoms with E-state index in [9.17, 15) is 0 Å². The molecule has 3 rings (SSSR count). The molecule has 0 aliphatic rings. The highest BCUT2D eigenvalue weighted by Gasteiger charge is 2.12. The average molecular weight is 310 g/mol. The minimum Gasteiger partial charge on any atom is -0.496 e. The van der Waals surface area contributed by atoms with Crippen molar-refractivity contribution in [2.45, 2.75) is 0 Å². The molecular formula is C16H14N4OS. The van der Waals surface area contributed by atoms with E-state index in [2.05, 4.69) is 15.3 Å². The van der Waals surface area contributed by atoms with Crippen LogP contribution in [0.2, 0.25) is 0 Å². The van der Waals surface area contributed by atoms with Gasteiger partial charge in [-0.15, -0.1) is 0 Å². The maximum Gasteiger partial charge on any atom is 0.216 e. The molecule has 0 spiro atoms. The van der Waals surface area contributed by atoms with Crippen molar-refractivity contribution >= 4 is 18.4 Å². The number of H-pyrrole nitrogens is 1. The Morgan fingerprint density at radius 2 is 1.86 bits per heavy atom. The number of methoxy groups -OCH3 is 1. The van der Waals surface area contributed by atoms with Gasteiger partial charge in [0.15, 0.2) is 5.82 Å². The van der Waals surface area contributed by atoms with Crippen LogP contribution in [-0.4, -0.2) is 28.2 Å². The predicted molar refractivity (Wildman–Crippen MR) is 88.8 cm³/mol.